The van der Waals surface area contributed by atoms with E-state index in [9.17, 15) is 0 Å². The van der Waals surface area contributed by atoms with Gasteiger partial charge >= 0.3 is 0 Å². The van der Waals surface area contributed by atoms with Crippen molar-refractivity contribution in [2.45, 2.75) is 26.9 Å². The molecule has 0 aromatic carbocycles. The SMILES string of the molecule is Cc1nn(C)c(Cl)c1Cn1ncc(CN)c1C. The average Bonchev–Trinajstić information content (AvgIpc) is 2.75. The number of hydrogen-bond donors (Lipinski definition) is 1. The van der Waals surface area contributed by atoms with Crippen molar-refractivity contribution in [1.29, 1.82) is 0 Å². The highest BCUT2D eigenvalue weighted by Crippen LogP contribution is 2.20. The van der Waals surface area contributed by atoms with E-state index >= 15 is 0 Å². The third-order valence-electron chi connectivity index (χ3n) is 3.00. The molecule has 0 aliphatic heterocycles. The summed E-state index contributed by atoms with van der Waals surface area (Å²) in [5.41, 5.74) is 9.69. The molecule has 6 heteroatoms. The lowest BCUT2D eigenvalue weighted by Gasteiger charge is -2.05. The Bertz CT molecular complexity index is 540. The zero-order chi connectivity index (χ0) is 12.6. The molecule has 0 unspecified atom stereocenters. The first-order chi connectivity index (χ1) is 8.04. The summed E-state index contributed by atoms with van der Waals surface area (Å²) < 4.78 is 3.58. The number of nitrogens with zero attached hydrogens (tertiary/aromatic N) is 4. The van der Waals surface area contributed by atoms with Gasteiger partial charge in [-0.1, -0.05) is 11.6 Å². The van der Waals surface area contributed by atoms with E-state index in [0.717, 1.165) is 22.5 Å². The number of halogens is 1. The van der Waals surface area contributed by atoms with Gasteiger partial charge in [0.05, 0.1) is 18.4 Å². The van der Waals surface area contributed by atoms with Gasteiger partial charge in [-0.05, 0) is 13.8 Å². The smallest absolute Gasteiger partial charge is 0.132 e. The highest BCUT2D eigenvalue weighted by atomic mass is 35.5. The van der Waals surface area contributed by atoms with Gasteiger partial charge < -0.3 is 5.73 Å². The molecule has 0 aliphatic carbocycles. The minimum Gasteiger partial charge on any atom is -0.326 e. The van der Waals surface area contributed by atoms with Gasteiger partial charge in [0.1, 0.15) is 5.15 Å². The molecule has 2 aromatic rings. The van der Waals surface area contributed by atoms with Crippen LogP contribution in [0.5, 0.6) is 0 Å². The molecular weight excluding hydrogens is 238 g/mol. The van der Waals surface area contributed by atoms with Crippen molar-refractivity contribution in [2.24, 2.45) is 12.8 Å². The van der Waals surface area contributed by atoms with E-state index in [1.807, 2.05) is 25.6 Å². The van der Waals surface area contributed by atoms with Crippen LogP contribution in [0.15, 0.2) is 6.20 Å². The molecule has 5 nitrogen and oxygen atoms in total. The molecule has 0 atom stereocenters. The Morgan fingerprint density at radius 2 is 2.12 bits per heavy atom. The van der Waals surface area contributed by atoms with Gasteiger partial charge in [-0.2, -0.15) is 10.2 Å². The van der Waals surface area contributed by atoms with Gasteiger partial charge in [0.25, 0.3) is 0 Å². The molecule has 2 N–H and O–H groups in total. The molecular formula is C11H16ClN5. The first kappa shape index (κ1) is 12.1. The van der Waals surface area contributed by atoms with E-state index in [2.05, 4.69) is 10.2 Å². The maximum absolute atomic E-state index is 6.19. The molecule has 0 aliphatic rings. The lowest BCUT2D eigenvalue weighted by Crippen LogP contribution is -2.06. The summed E-state index contributed by atoms with van der Waals surface area (Å²) in [7, 11) is 1.83. The number of rotatable bonds is 3. The van der Waals surface area contributed by atoms with Crippen LogP contribution in [0.4, 0.5) is 0 Å². The Morgan fingerprint density at radius 1 is 1.41 bits per heavy atom. The fraction of sp³-hybridized carbons (Fsp3) is 0.455. The number of nitrogens with two attached hydrogens (primary N) is 1. The molecule has 2 aromatic heterocycles. The minimum atomic E-state index is 0.506. The summed E-state index contributed by atoms with van der Waals surface area (Å²) >= 11 is 6.19. The predicted octanol–water partition coefficient (Wildman–Crippen LogP) is 1.39. The van der Waals surface area contributed by atoms with Gasteiger partial charge in [-0.3, -0.25) is 9.36 Å². The average molecular weight is 254 g/mol. The lowest BCUT2D eigenvalue weighted by molar-refractivity contribution is 0.660. The van der Waals surface area contributed by atoms with Crippen LogP contribution in [0.3, 0.4) is 0 Å². The van der Waals surface area contributed by atoms with Crippen LogP contribution in [0.2, 0.25) is 5.15 Å². The highest BCUT2D eigenvalue weighted by molar-refractivity contribution is 6.30. The molecule has 2 heterocycles. The monoisotopic (exact) mass is 253 g/mol. The Kier molecular flexibility index (Phi) is 3.22. The van der Waals surface area contributed by atoms with Gasteiger partial charge in [-0.25, -0.2) is 0 Å². The van der Waals surface area contributed by atoms with Gasteiger partial charge in [0, 0.05) is 30.4 Å². The standard InChI is InChI=1S/C11H16ClN5/c1-7-10(11(12)16(3)15-7)6-17-8(2)9(4-13)5-14-17/h5H,4,6,13H2,1-3H3. The fourth-order valence-corrected chi connectivity index (χ4v) is 2.08. The van der Waals surface area contributed by atoms with Crippen LogP contribution in [0, 0.1) is 13.8 Å². The summed E-state index contributed by atoms with van der Waals surface area (Å²) in [6.07, 6.45) is 1.80. The molecule has 0 spiro atoms. The summed E-state index contributed by atoms with van der Waals surface area (Å²) in [5.74, 6) is 0. The predicted molar refractivity (Wildman–Crippen MR) is 66.9 cm³/mol. The van der Waals surface area contributed by atoms with Gasteiger partial charge in [-0.15, -0.1) is 0 Å². The quantitative estimate of drug-likeness (QED) is 0.899. The molecule has 0 saturated heterocycles. The minimum absolute atomic E-state index is 0.506. The fourth-order valence-electron chi connectivity index (χ4n) is 1.85. The van der Waals surface area contributed by atoms with Crippen molar-refractivity contribution >= 4 is 11.6 Å². The zero-order valence-corrected chi connectivity index (χ0v) is 11.0. The number of hydrogen-bond acceptors (Lipinski definition) is 3. The van der Waals surface area contributed by atoms with Crippen LogP contribution in [-0.2, 0) is 20.1 Å². The second kappa shape index (κ2) is 4.50. The summed E-state index contributed by atoms with van der Waals surface area (Å²) in [6.45, 7) is 5.09. The highest BCUT2D eigenvalue weighted by Gasteiger charge is 2.13. The largest absolute Gasteiger partial charge is 0.326 e. The summed E-state index contributed by atoms with van der Waals surface area (Å²) in [6, 6.07) is 0. The maximum atomic E-state index is 6.19. The number of aromatic nitrogens is 4. The van der Waals surface area contributed by atoms with Crippen molar-refractivity contribution in [2.75, 3.05) is 0 Å². The van der Waals surface area contributed by atoms with Crippen LogP contribution in [0.1, 0.15) is 22.5 Å². The topological polar surface area (TPSA) is 61.7 Å². The Hall–Kier alpha value is -1.33. The lowest BCUT2D eigenvalue weighted by atomic mass is 10.2. The van der Waals surface area contributed by atoms with Crippen LogP contribution < -0.4 is 5.73 Å². The van der Waals surface area contributed by atoms with Crippen LogP contribution >= 0.6 is 11.6 Å². The van der Waals surface area contributed by atoms with Gasteiger partial charge in [0.2, 0.25) is 0 Å². The maximum Gasteiger partial charge on any atom is 0.132 e. The van der Waals surface area contributed by atoms with Crippen molar-refractivity contribution in [3.05, 3.63) is 33.9 Å². The van der Waals surface area contributed by atoms with E-state index in [1.165, 1.54) is 0 Å². The summed E-state index contributed by atoms with van der Waals surface area (Å²) in [5, 5.41) is 9.26. The van der Waals surface area contributed by atoms with Crippen LogP contribution in [-0.4, -0.2) is 19.6 Å². The molecule has 17 heavy (non-hydrogen) atoms. The third-order valence-corrected chi connectivity index (χ3v) is 3.48. The molecule has 0 amide bonds. The molecule has 0 fully saturated rings. The number of aryl methyl sites for hydroxylation is 2. The second-order valence-corrected chi connectivity index (χ2v) is 4.45. The van der Waals surface area contributed by atoms with Crippen molar-refractivity contribution in [1.82, 2.24) is 19.6 Å². The van der Waals surface area contributed by atoms with E-state index in [4.69, 9.17) is 17.3 Å². The molecule has 92 valence electrons. The first-order valence-corrected chi connectivity index (χ1v) is 5.81. The Balaban J connectivity index is 2.34. The molecule has 0 bridgehead atoms. The normalized spacial score (nSPS) is 11.1. The Morgan fingerprint density at radius 3 is 2.59 bits per heavy atom. The van der Waals surface area contributed by atoms with E-state index in [1.54, 1.807) is 10.9 Å². The van der Waals surface area contributed by atoms with Crippen molar-refractivity contribution < 1.29 is 0 Å². The Labute approximate surface area is 105 Å². The molecule has 2 rings (SSSR count). The van der Waals surface area contributed by atoms with E-state index < -0.39 is 0 Å². The molecule has 0 radical (unpaired) electrons. The molecule has 0 saturated carbocycles. The third kappa shape index (κ3) is 2.08. The van der Waals surface area contributed by atoms with Crippen molar-refractivity contribution in [3.8, 4) is 0 Å². The van der Waals surface area contributed by atoms with E-state index in [-0.39, 0.29) is 0 Å². The van der Waals surface area contributed by atoms with E-state index in [0.29, 0.717) is 18.2 Å². The van der Waals surface area contributed by atoms with Crippen molar-refractivity contribution in [3.63, 3.8) is 0 Å². The zero-order valence-electron chi connectivity index (χ0n) is 10.2. The first-order valence-electron chi connectivity index (χ1n) is 5.44. The van der Waals surface area contributed by atoms with Crippen LogP contribution in [0.25, 0.3) is 0 Å². The summed E-state index contributed by atoms with van der Waals surface area (Å²) in [4.78, 5) is 0. The van der Waals surface area contributed by atoms with Gasteiger partial charge in [0.15, 0.2) is 0 Å². The second-order valence-electron chi connectivity index (χ2n) is 4.10.